The summed E-state index contributed by atoms with van der Waals surface area (Å²) in [6.07, 6.45) is 0. The van der Waals surface area contributed by atoms with Gasteiger partial charge in [-0.2, -0.15) is 0 Å². The topological polar surface area (TPSA) is 95.5 Å². The summed E-state index contributed by atoms with van der Waals surface area (Å²) in [6.45, 7) is 0. The molecule has 132 valence electrons. The first kappa shape index (κ1) is 17.0. The molecule has 3 aromatic rings. The Balaban J connectivity index is 1.85. The Morgan fingerprint density at radius 2 is 1.73 bits per heavy atom. The van der Waals surface area contributed by atoms with Gasteiger partial charge in [0.05, 0.1) is 20.6 Å². The minimum atomic E-state index is -4.00. The molecule has 0 fully saturated rings. The molecule has 1 heterocycles. The average molecular weight is 409 g/mol. The highest BCUT2D eigenvalue weighted by atomic mass is 35.5. The van der Waals surface area contributed by atoms with Crippen LogP contribution < -0.4 is 10.0 Å². The highest BCUT2D eigenvalue weighted by molar-refractivity contribution is 7.93. The highest BCUT2D eigenvalue weighted by Gasteiger charge is 2.26. The number of halogens is 2. The van der Waals surface area contributed by atoms with Crippen LogP contribution in [0.4, 0.5) is 11.4 Å². The largest absolute Gasteiger partial charge is 0.505 e. The zero-order chi connectivity index (χ0) is 18.6. The third-order valence-electron chi connectivity index (χ3n) is 4.05. The lowest BCUT2D eigenvalue weighted by Gasteiger charge is -2.12. The van der Waals surface area contributed by atoms with Crippen LogP contribution in [-0.2, 0) is 10.0 Å². The van der Waals surface area contributed by atoms with Crippen molar-refractivity contribution in [1.82, 2.24) is 0 Å². The second kappa shape index (κ2) is 5.77. The first-order valence-electron chi connectivity index (χ1n) is 7.36. The van der Waals surface area contributed by atoms with Gasteiger partial charge in [-0.1, -0.05) is 35.3 Å². The maximum Gasteiger partial charge on any atom is 0.262 e. The van der Waals surface area contributed by atoms with Crippen molar-refractivity contribution in [2.24, 2.45) is 0 Å². The van der Waals surface area contributed by atoms with Gasteiger partial charge in [-0.25, -0.2) is 8.42 Å². The number of anilines is 2. The van der Waals surface area contributed by atoms with Crippen LogP contribution in [-0.4, -0.2) is 19.4 Å². The number of phenolic OH excluding ortho intramolecular Hbond substituents is 1. The van der Waals surface area contributed by atoms with Gasteiger partial charge in [0.25, 0.3) is 15.9 Å². The molecule has 6 nitrogen and oxygen atoms in total. The van der Waals surface area contributed by atoms with Gasteiger partial charge in [0, 0.05) is 22.0 Å². The first-order chi connectivity index (χ1) is 12.3. The quantitative estimate of drug-likeness (QED) is 0.565. The zero-order valence-electron chi connectivity index (χ0n) is 12.9. The van der Waals surface area contributed by atoms with E-state index in [1.807, 2.05) is 0 Å². The van der Waals surface area contributed by atoms with Gasteiger partial charge in [0.1, 0.15) is 0 Å². The number of phenols is 1. The minimum Gasteiger partial charge on any atom is -0.505 e. The monoisotopic (exact) mass is 408 g/mol. The van der Waals surface area contributed by atoms with Gasteiger partial charge in [0.15, 0.2) is 5.75 Å². The number of sulfonamides is 1. The highest BCUT2D eigenvalue weighted by Crippen LogP contribution is 2.38. The Kier molecular flexibility index (Phi) is 3.76. The fourth-order valence-corrected chi connectivity index (χ4v) is 4.66. The van der Waals surface area contributed by atoms with Crippen molar-refractivity contribution in [2.45, 2.75) is 4.90 Å². The van der Waals surface area contributed by atoms with E-state index in [9.17, 15) is 18.3 Å². The molecule has 1 aliphatic rings. The van der Waals surface area contributed by atoms with Gasteiger partial charge in [-0.15, -0.1) is 0 Å². The van der Waals surface area contributed by atoms with Crippen molar-refractivity contribution in [1.29, 1.82) is 0 Å². The van der Waals surface area contributed by atoms with Crippen molar-refractivity contribution in [3.8, 4) is 5.75 Å². The van der Waals surface area contributed by atoms with Gasteiger partial charge in [-0.05, 0) is 30.3 Å². The van der Waals surface area contributed by atoms with Crippen LogP contribution in [0.25, 0.3) is 10.8 Å². The first-order valence-corrected chi connectivity index (χ1v) is 9.60. The molecule has 0 saturated carbocycles. The lowest BCUT2D eigenvalue weighted by molar-refractivity contribution is 0.103. The third-order valence-corrected chi connectivity index (χ3v) is 6.07. The number of amides is 1. The van der Waals surface area contributed by atoms with E-state index < -0.39 is 10.0 Å². The van der Waals surface area contributed by atoms with Crippen LogP contribution in [0.1, 0.15) is 10.4 Å². The molecule has 0 atom stereocenters. The van der Waals surface area contributed by atoms with Gasteiger partial charge in [0.2, 0.25) is 0 Å². The minimum absolute atomic E-state index is 0.00919. The zero-order valence-corrected chi connectivity index (χ0v) is 15.2. The Bertz CT molecular complexity index is 1190. The molecule has 0 unspecified atom stereocenters. The third kappa shape index (κ3) is 2.56. The van der Waals surface area contributed by atoms with Crippen LogP contribution in [0.15, 0.2) is 47.4 Å². The number of carbonyl (C=O) groups excluding carboxylic acids is 1. The maximum absolute atomic E-state index is 12.9. The second-order valence-corrected chi connectivity index (χ2v) is 8.15. The van der Waals surface area contributed by atoms with Crippen LogP contribution in [0.2, 0.25) is 10.0 Å². The van der Waals surface area contributed by atoms with Crippen molar-refractivity contribution < 1.29 is 18.3 Å². The molecule has 0 bridgehead atoms. The van der Waals surface area contributed by atoms with E-state index in [0.29, 0.717) is 22.0 Å². The van der Waals surface area contributed by atoms with E-state index in [0.717, 1.165) is 0 Å². The van der Waals surface area contributed by atoms with Crippen LogP contribution in [0, 0.1) is 0 Å². The van der Waals surface area contributed by atoms with Crippen molar-refractivity contribution >= 4 is 61.3 Å². The summed E-state index contributed by atoms with van der Waals surface area (Å²) in [5.41, 5.74) is 1.09. The molecule has 0 aromatic heterocycles. The van der Waals surface area contributed by atoms with Gasteiger partial charge < -0.3 is 10.4 Å². The van der Waals surface area contributed by atoms with Crippen LogP contribution in [0.5, 0.6) is 5.75 Å². The van der Waals surface area contributed by atoms with Crippen molar-refractivity contribution in [3.05, 3.63) is 58.1 Å². The van der Waals surface area contributed by atoms with E-state index in [4.69, 9.17) is 23.2 Å². The molecule has 0 aliphatic carbocycles. The molecule has 26 heavy (non-hydrogen) atoms. The number of nitrogens with one attached hydrogen (secondary N) is 2. The van der Waals surface area contributed by atoms with Gasteiger partial charge >= 0.3 is 0 Å². The van der Waals surface area contributed by atoms with Gasteiger partial charge in [-0.3, -0.25) is 9.52 Å². The summed E-state index contributed by atoms with van der Waals surface area (Å²) in [6, 6.07) is 10.4. The number of hydrogen-bond donors (Lipinski definition) is 3. The number of carbonyl (C=O) groups is 1. The fourth-order valence-electron chi connectivity index (χ4n) is 2.93. The average Bonchev–Trinajstić information content (AvgIpc) is 2.90. The molecule has 9 heteroatoms. The Labute approximate surface area is 158 Å². The maximum atomic E-state index is 12.9. The van der Waals surface area contributed by atoms with Crippen LogP contribution in [0.3, 0.4) is 0 Å². The lowest BCUT2D eigenvalue weighted by atomic mass is 10.1. The summed E-state index contributed by atoms with van der Waals surface area (Å²) >= 11 is 11.7. The number of benzene rings is 3. The van der Waals surface area contributed by atoms with E-state index in [1.165, 1.54) is 18.2 Å². The fraction of sp³-hybridized carbons (Fsp3) is 0. The molecular formula is C17H10Cl2N2O4S. The van der Waals surface area contributed by atoms with Crippen molar-refractivity contribution in [2.75, 3.05) is 10.0 Å². The SMILES string of the molecule is O=C1Nc2ccc(S(=O)(=O)Nc3cc(Cl)c(O)c(Cl)c3)c3cccc1c23. The molecular weight excluding hydrogens is 399 g/mol. The number of rotatable bonds is 3. The second-order valence-electron chi connectivity index (χ2n) is 5.69. The Hall–Kier alpha value is -2.48. The summed E-state index contributed by atoms with van der Waals surface area (Å²) < 4.78 is 28.2. The molecule has 0 radical (unpaired) electrons. The predicted octanol–water partition coefficient (Wildman–Crippen LogP) is 4.22. The van der Waals surface area contributed by atoms with E-state index in [1.54, 1.807) is 24.3 Å². The molecule has 1 aliphatic heterocycles. The lowest BCUT2D eigenvalue weighted by Crippen LogP contribution is -2.13. The predicted molar refractivity (Wildman–Crippen MR) is 101 cm³/mol. The summed E-state index contributed by atoms with van der Waals surface area (Å²) in [7, 11) is -4.00. The Morgan fingerprint density at radius 3 is 2.42 bits per heavy atom. The smallest absolute Gasteiger partial charge is 0.262 e. The molecule has 4 rings (SSSR count). The summed E-state index contributed by atoms with van der Waals surface area (Å²) in [5, 5.41) is 13.1. The molecule has 1 amide bonds. The Morgan fingerprint density at radius 1 is 1.04 bits per heavy atom. The summed E-state index contributed by atoms with van der Waals surface area (Å²) in [4.78, 5) is 12.0. The summed E-state index contributed by atoms with van der Waals surface area (Å²) in [5.74, 6) is -0.601. The van der Waals surface area contributed by atoms with E-state index in [-0.39, 0.29) is 32.3 Å². The number of aromatic hydroxyl groups is 1. The molecule has 3 aromatic carbocycles. The van der Waals surface area contributed by atoms with Crippen molar-refractivity contribution in [3.63, 3.8) is 0 Å². The molecule has 0 saturated heterocycles. The standard InChI is InChI=1S/C17H10Cl2N2O4S/c18-11-6-8(7-12(19)16(11)22)21-26(24,25)14-5-4-13-15-9(14)2-1-3-10(15)17(23)20-13/h1-7,21-22H,(H,20,23). The van der Waals surface area contributed by atoms with Crippen LogP contribution >= 0.6 is 23.2 Å². The van der Waals surface area contributed by atoms with E-state index >= 15 is 0 Å². The molecule has 0 spiro atoms. The van der Waals surface area contributed by atoms with E-state index in [2.05, 4.69) is 10.0 Å². The normalized spacial score (nSPS) is 13.1. The molecule has 3 N–H and O–H groups in total. The number of hydrogen-bond acceptors (Lipinski definition) is 4.